The van der Waals surface area contributed by atoms with Crippen molar-refractivity contribution in [2.45, 2.75) is 102 Å². The van der Waals surface area contributed by atoms with E-state index in [2.05, 4.69) is 77.2 Å². The summed E-state index contributed by atoms with van der Waals surface area (Å²) in [5.41, 5.74) is 0. The molecule has 0 radical (unpaired) electrons. The van der Waals surface area contributed by atoms with E-state index >= 15 is 0 Å². The molecule has 2 atom stereocenters. The second-order valence-electron chi connectivity index (χ2n) is 8.93. The smallest absolute Gasteiger partial charge is 0.0605 e. The van der Waals surface area contributed by atoms with Crippen LogP contribution in [0, 0.1) is 0 Å². The van der Waals surface area contributed by atoms with E-state index in [9.17, 15) is 0 Å². The topological polar surface area (TPSA) is 42.6 Å². The number of hydrogen-bond donors (Lipinski definition) is 3. The fourth-order valence-electron chi connectivity index (χ4n) is 3.40. The van der Waals surface area contributed by atoms with Crippen molar-refractivity contribution in [3.05, 3.63) is 0 Å². The van der Waals surface area contributed by atoms with Crippen molar-refractivity contribution >= 4 is 0 Å². The molecule has 0 aromatic heterocycles. The number of unbranched alkanes of at least 4 members (excludes halogenated alkanes) is 9. The number of nitrogens with zero attached hydrogens (tertiary/aromatic N) is 2. The van der Waals surface area contributed by atoms with Crippen LogP contribution in [0.5, 0.6) is 0 Å². The maximum absolute atomic E-state index is 3.59. The van der Waals surface area contributed by atoms with E-state index in [1.807, 2.05) is 0 Å². The molecule has 0 aromatic rings. The molecular formula is C23H52Cl3CrN5. The summed E-state index contributed by atoms with van der Waals surface area (Å²) in [4.78, 5) is 4.44. The van der Waals surface area contributed by atoms with Crippen molar-refractivity contribution in [3.63, 3.8) is 0 Å². The van der Waals surface area contributed by atoms with Gasteiger partial charge in [-0.2, -0.15) is 0 Å². The van der Waals surface area contributed by atoms with E-state index < -0.39 is 0 Å². The van der Waals surface area contributed by atoms with Gasteiger partial charge in [0.25, 0.3) is 0 Å². The Labute approximate surface area is 228 Å². The van der Waals surface area contributed by atoms with Crippen molar-refractivity contribution in [3.8, 4) is 0 Å². The van der Waals surface area contributed by atoms with Gasteiger partial charge in [-0.05, 0) is 41.0 Å². The van der Waals surface area contributed by atoms with Crippen LogP contribution in [0.15, 0.2) is 0 Å². The van der Waals surface area contributed by atoms with Crippen LogP contribution in [0.3, 0.4) is 0 Å². The Bertz CT molecular complexity index is 315. The Hall–Kier alpha value is 1.20. The average molecular weight is 557 g/mol. The van der Waals surface area contributed by atoms with Crippen molar-refractivity contribution in [1.82, 2.24) is 25.8 Å². The van der Waals surface area contributed by atoms with Gasteiger partial charge in [-0.15, -0.1) is 0 Å². The van der Waals surface area contributed by atoms with Crippen LogP contribution in [0.25, 0.3) is 0 Å². The molecule has 5 nitrogen and oxygen atoms in total. The van der Waals surface area contributed by atoms with Gasteiger partial charge in [-0.25, -0.2) is 0 Å². The molecular weight excluding hydrogens is 505 g/mol. The molecule has 0 aliphatic carbocycles. The summed E-state index contributed by atoms with van der Waals surface area (Å²) in [6.07, 6.45) is 17.6. The van der Waals surface area contributed by atoms with Gasteiger partial charge in [0.15, 0.2) is 0 Å². The first-order valence-corrected chi connectivity index (χ1v) is 13.0. The van der Waals surface area contributed by atoms with Crippen LogP contribution in [0.2, 0.25) is 5.28 Å². The Morgan fingerprint density at radius 1 is 0.656 bits per heavy atom. The fourth-order valence-corrected chi connectivity index (χ4v) is 3.72. The molecule has 32 heavy (non-hydrogen) atoms. The van der Waals surface area contributed by atoms with Gasteiger partial charge in [-0.1, -0.05) is 0 Å². The predicted octanol–water partition coefficient (Wildman–Crippen LogP) is -4.83. The summed E-state index contributed by atoms with van der Waals surface area (Å²) < 4.78 is 0. The molecule has 1 aliphatic rings. The van der Waals surface area contributed by atoms with Gasteiger partial charge >= 0.3 is 92.7 Å². The van der Waals surface area contributed by atoms with Crippen LogP contribution in [0.1, 0.15) is 84.0 Å². The van der Waals surface area contributed by atoms with E-state index in [0.717, 1.165) is 32.6 Å². The molecule has 1 heterocycles. The summed E-state index contributed by atoms with van der Waals surface area (Å²) in [5.74, 6) is 0. The van der Waals surface area contributed by atoms with Gasteiger partial charge in [0.05, 0.1) is 12.3 Å². The third kappa shape index (κ3) is 29.2. The first-order valence-electron chi connectivity index (χ1n) is 12.1. The second-order valence-corrected chi connectivity index (χ2v) is 9.56. The van der Waals surface area contributed by atoms with Crippen LogP contribution >= 0.6 is 0 Å². The maximum atomic E-state index is 3.59. The molecule has 2 unspecified atom stereocenters. The first kappa shape index (κ1) is 40.4. The quantitative estimate of drug-likeness (QED) is 0.167. The monoisotopic (exact) mass is 555 g/mol. The summed E-state index contributed by atoms with van der Waals surface area (Å²) in [6, 6.07) is 0. The third-order valence-electron chi connectivity index (χ3n) is 5.33. The first-order chi connectivity index (χ1) is 14.0. The van der Waals surface area contributed by atoms with Crippen molar-refractivity contribution < 1.29 is 53.5 Å². The zero-order valence-corrected chi connectivity index (χ0v) is 24.9. The molecule has 1 saturated heterocycles. The summed E-state index contributed by atoms with van der Waals surface area (Å²) in [5, 5.41) is 11.7. The van der Waals surface area contributed by atoms with Crippen LogP contribution in [0.4, 0.5) is 0 Å². The Morgan fingerprint density at radius 2 is 1.03 bits per heavy atom. The number of rotatable bonds is 16. The normalized spacial score (nSPS) is 17.6. The van der Waals surface area contributed by atoms with E-state index in [1.165, 1.54) is 69.5 Å². The molecule has 1 aliphatic heterocycles. The van der Waals surface area contributed by atoms with E-state index in [-0.39, 0.29) is 37.2 Å². The number of hydrogen-bond acceptors (Lipinski definition) is 5. The largest absolute Gasteiger partial charge is 1.00 e. The minimum absolute atomic E-state index is 0. The molecule has 0 saturated carbocycles. The van der Waals surface area contributed by atoms with Crippen LogP contribution < -0.4 is 53.2 Å². The van der Waals surface area contributed by atoms with E-state index in [4.69, 9.17) is 0 Å². The van der Waals surface area contributed by atoms with Crippen molar-refractivity contribution in [2.24, 2.45) is 0 Å². The Morgan fingerprint density at radius 3 is 1.38 bits per heavy atom. The Kier molecular flexibility index (Phi) is 38.1. The minimum atomic E-state index is 0. The average Bonchev–Trinajstić information content (AvgIpc) is 2.70. The molecule has 0 amide bonds. The fraction of sp³-hybridized carbons (Fsp3) is 1.00. The molecule has 0 spiro atoms. The second kappa shape index (κ2) is 30.2. The molecule has 3 N–H and O–H groups in total. The van der Waals surface area contributed by atoms with Crippen molar-refractivity contribution in [2.75, 3.05) is 47.9 Å². The third-order valence-corrected chi connectivity index (χ3v) is 5.78. The van der Waals surface area contributed by atoms with E-state index in [0.29, 0.717) is 12.3 Å². The van der Waals surface area contributed by atoms with Crippen LogP contribution in [-0.2, 0) is 16.3 Å². The number of nitrogens with one attached hydrogen (secondary N) is 3. The van der Waals surface area contributed by atoms with Gasteiger partial charge in [-0.3, -0.25) is 16.0 Å². The molecule has 0 bridgehead atoms. The summed E-state index contributed by atoms with van der Waals surface area (Å²) in [7, 11) is 8.46. The zero-order chi connectivity index (χ0) is 21.7. The molecule has 0 aromatic carbocycles. The molecule has 1 rings (SSSR count). The minimum Gasteiger partial charge on any atom is -1.00 e. The SMILES string of the molecule is CCCCCCCCCCC[CH2][Cr+3].CN(C)CCC1NCNC(CCN(C)C)N1.[Cl-].[Cl-].[Cl-]. The maximum Gasteiger partial charge on any atom is 0.0605 e. The van der Waals surface area contributed by atoms with Gasteiger partial charge < -0.3 is 47.0 Å². The Balaban J connectivity index is -0.000000228. The summed E-state index contributed by atoms with van der Waals surface area (Å²) in [6.45, 7) is 5.42. The number of halogens is 3. The van der Waals surface area contributed by atoms with Gasteiger partial charge in [0, 0.05) is 19.8 Å². The van der Waals surface area contributed by atoms with Gasteiger partial charge in [0.1, 0.15) is 0 Å². The molecule has 9 heteroatoms. The van der Waals surface area contributed by atoms with Crippen molar-refractivity contribution in [1.29, 1.82) is 0 Å². The molecule has 196 valence electrons. The van der Waals surface area contributed by atoms with Gasteiger partial charge in [0.2, 0.25) is 0 Å². The molecule has 1 fully saturated rings. The summed E-state index contributed by atoms with van der Waals surface area (Å²) >= 11 is 3.07. The van der Waals surface area contributed by atoms with Crippen LogP contribution in [-0.4, -0.2) is 70.1 Å². The zero-order valence-electron chi connectivity index (χ0n) is 21.4. The standard InChI is InChI=1S/C12H25.C11H27N5.3ClH.Cr/c1-3-5-7-9-11-12-10-8-6-4-2;1-15(2)7-5-10-12-9-13-11(14-10)6-8-16(3)4;;;;/h1,3-12H2,2H3;10-14H,5-9H2,1-4H3;3*1H;/q;;;;;+3/p-3. The predicted molar refractivity (Wildman–Crippen MR) is 125 cm³/mol. The van der Waals surface area contributed by atoms with E-state index in [1.54, 1.807) is 0 Å².